The average molecular weight is 463 g/mol. The molecule has 3 rings (SSSR count). The van der Waals surface area contributed by atoms with Crippen molar-refractivity contribution in [2.24, 2.45) is 0 Å². The molecule has 162 valence electrons. The van der Waals surface area contributed by atoms with Gasteiger partial charge >= 0.3 is 5.97 Å². The molecule has 3 aromatic rings. The lowest BCUT2D eigenvalue weighted by Crippen LogP contribution is -2.38. The molecule has 0 spiro atoms. The number of hydrogen-bond donors (Lipinski definition) is 1. The van der Waals surface area contributed by atoms with Gasteiger partial charge in [-0.1, -0.05) is 12.1 Å². The first-order chi connectivity index (χ1) is 14.7. The van der Waals surface area contributed by atoms with Crippen LogP contribution in [0.25, 0.3) is 0 Å². The number of esters is 1. The molecule has 0 saturated heterocycles. The maximum absolute atomic E-state index is 13.4. The van der Waals surface area contributed by atoms with E-state index >= 15 is 0 Å². The largest absolute Gasteiger partial charge is 0.465 e. The van der Waals surface area contributed by atoms with Gasteiger partial charge in [0, 0.05) is 5.69 Å². The van der Waals surface area contributed by atoms with Gasteiger partial charge in [-0.15, -0.1) is 11.3 Å². The Hall–Kier alpha value is -3.24. The molecule has 31 heavy (non-hydrogen) atoms. The molecular weight excluding hydrogens is 443 g/mol. The van der Waals surface area contributed by atoms with E-state index < -0.39 is 34.3 Å². The molecule has 0 aliphatic rings. The van der Waals surface area contributed by atoms with Crippen LogP contribution in [0.5, 0.6) is 0 Å². The third-order valence-corrected chi connectivity index (χ3v) is 7.60. The first-order valence-corrected chi connectivity index (χ1v) is 11.4. The number of nitrogens with one attached hydrogen (secondary N) is 1. The van der Waals surface area contributed by atoms with Crippen molar-refractivity contribution in [1.82, 2.24) is 0 Å². The highest BCUT2D eigenvalue weighted by molar-refractivity contribution is 7.94. The van der Waals surface area contributed by atoms with Crippen molar-refractivity contribution >= 4 is 44.6 Å². The number of rotatable bonds is 7. The van der Waals surface area contributed by atoms with Crippen LogP contribution >= 0.6 is 11.3 Å². The summed E-state index contributed by atoms with van der Waals surface area (Å²) < 4.78 is 45.3. The zero-order valence-electron chi connectivity index (χ0n) is 16.7. The molecule has 0 radical (unpaired) electrons. The number of thiophene rings is 1. The van der Waals surface area contributed by atoms with Crippen molar-refractivity contribution < 1.29 is 27.1 Å². The number of sulfonamides is 1. The monoisotopic (exact) mass is 462 g/mol. The van der Waals surface area contributed by atoms with E-state index in [1.807, 2.05) is 0 Å². The highest BCUT2D eigenvalue weighted by Gasteiger charge is 2.28. The number of ether oxygens (including phenoxy) is 1. The lowest BCUT2D eigenvalue weighted by Gasteiger charge is -2.23. The highest BCUT2D eigenvalue weighted by Crippen LogP contribution is 2.27. The van der Waals surface area contributed by atoms with Gasteiger partial charge in [0.2, 0.25) is 5.91 Å². The third kappa shape index (κ3) is 4.92. The molecule has 1 heterocycles. The molecule has 1 N–H and O–H groups in total. The number of carbonyl (C=O) groups is 2. The fraction of sp³-hybridized carbons (Fsp3) is 0.143. The maximum Gasteiger partial charge on any atom is 0.338 e. The molecule has 7 nitrogen and oxygen atoms in total. The third-order valence-electron chi connectivity index (χ3n) is 4.45. The van der Waals surface area contributed by atoms with Gasteiger partial charge in [-0.3, -0.25) is 9.10 Å². The van der Waals surface area contributed by atoms with Crippen LogP contribution in [-0.2, 0) is 19.6 Å². The van der Waals surface area contributed by atoms with E-state index in [4.69, 9.17) is 4.74 Å². The summed E-state index contributed by atoms with van der Waals surface area (Å²) in [6, 6.07) is 12.6. The second-order valence-electron chi connectivity index (χ2n) is 6.44. The number of methoxy groups -OCH3 is 1. The summed E-state index contributed by atoms with van der Waals surface area (Å²) >= 11 is 1.01. The number of nitrogens with zero attached hydrogens (tertiary/aromatic N) is 1. The second-order valence-corrected chi connectivity index (χ2v) is 9.47. The molecule has 1 amide bonds. The molecule has 2 aromatic carbocycles. The highest BCUT2D eigenvalue weighted by atomic mass is 32.2. The van der Waals surface area contributed by atoms with Crippen LogP contribution in [0.1, 0.15) is 15.9 Å². The first-order valence-electron chi connectivity index (χ1n) is 9.03. The Morgan fingerprint density at radius 2 is 1.81 bits per heavy atom. The van der Waals surface area contributed by atoms with E-state index in [-0.39, 0.29) is 15.5 Å². The van der Waals surface area contributed by atoms with Crippen LogP contribution in [0.4, 0.5) is 15.8 Å². The number of halogens is 1. The van der Waals surface area contributed by atoms with Crippen LogP contribution in [0.3, 0.4) is 0 Å². The lowest BCUT2D eigenvalue weighted by molar-refractivity contribution is -0.114. The van der Waals surface area contributed by atoms with Crippen LogP contribution in [0, 0.1) is 12.7 Å². The molecule has 10 heteroatoms. The Bertz CT molecular complexity index is 1190. The van der Waals surface area contributed by atoms with Gasteiger partial charge < -0.3 is 10.1 Å². The van der Waals surface area contributed by atoms with Gasteiger partial charge in [-0.05, 0) is 60.3 Å². The average Bonchev–Trinajstić information content (AvgIpc) is 3.29. The molecule has 0 aliphatic carbocycles. The van der Waals surface area contributed by atoms with E-state index in [2.05, 4.69) is 5.32 Å². The summed E-state index contributed by atoms with van der Waals surface area (Å²) in [4.78, 5) is 24.7. The van der Waals surface area contributed by atoms with E-state index in [9.17, 15) is 22.4 Å². The first kappa shape index (κ1) is 22.4. The van der Waals surface area contributed by atoms with E-state index in [0.29, 0.717) is 11.3 Å². The predicted molar refractivity (Wildman–Crippen MR) is 116 cm³/mol. The molecule has 0 aliphatic heterocycles. The Morgan fingerprint density at radius 3 is 2.42 bits per heavy atom. The van der Waals surface area contributed by atoms with Gasteiger partial charge in [-0.25, -0.2) is 17.6 Å². The number of benzene rings is 2. The number of anilines is 2. The Labute approximate surface area is 183 Å². The van der Waals surface area contributed by atoms with Gasteiger partial charge in [0.15, 0.2) is 0 Å². The van der Waals surface area contributed by atoms with Crippen molar-refractivity contribution in [2.75, 3.05) is 23.3 Å². The van der Waals surface area contributed by atoms with Crippen molar-refractivity contribution in [2.45, 2.75) is 11.1 Å². The summed E-state index contributed by atoms with van der Waals surface area (Å²) in [5.41, 5.74) is 1.25. The van der Waals surface area contributed by atoms with Crippen molar-refractivity contribution in [3.63, 3.8) is 0 Å². The number of hydrogen-bond acceptors (Lipinski definition) is 6. The fourth-order valence-electron chi connectivity index (χ4n) is 2.86. The SMILES string of the molecule is COC(=O)c1cccc(NC(=O)CN(c2ccc(F)cc2)S(=O)(=O)c2cccs2)c1C. The quantitative estimate of drug-likeness (QED) is 0.539. The summed E-state index contributed by atoms with van der Waals surface area (Å²) in [7, 11) is -2.80. The standard InChI is InChI=1S/C21H19FN2O5S2/c1-14-17(21(26)29-2)5-3-6-18(14)23-19(25)13-24(16-10-8-15(22)9-11-16)31(27,28)20-7-4-12-30-20/h3-12H,13H2,1-2H3,(H,23,25). The molecule has 0 unspecified atom stereocenters. The fourth-order valence-corrected chi connectivity index (χ4v) is 5.39. The van der Waals surface area contributed by atoms with Crippen LogP contribution < -0.4 is 9.62 Å². The zero-order chi connectivity index (χ0) is 22.6. The summed E-state index contributed by atoms with van der Waals surface area (Å²) in [6.07, 6.45) is 0. The number of amides is 1. The van der Waals surface area contributed by atoms with Gasteiger partial charge in [-0.2, -0.15) is 0 Å². The van der Waals surface area contributed by atoms with Crippen molar-refractivity contribution in [3.8, 4) is 0 Å². The normalized spacial score (nSPS) is 11.1. The lowest BCUT2D eigenvalue weighted by atomic mass is 10.1. The topological polar surface area (TPSA) is 92.8 Å². The number of carbonyl (C=O) groups excluding carboxylic acids is 2. The van der Waals surface area contributed by atoms with E-state index in [1.165, 1.54) is 25.3 Å². The molecular formula is C21H19FN2O5S2. The molecule has 0 saturated carbocycles. The summed E-state index contributed by atoms with van der Waals surface area (Å²) in [5, 5.41) is 4.24. The van der Waals surface area contributed by atoms with Crippen LogP contribution in [0.2, 0.25) is 0 Å². The summed E-state index contributed by atoms with van der Waals surface area (Å²) in [5.74, 6) is -1.71. The van der Waals surface area contributed by atoms with Gasteiger partial charge in [0.25, 0.3) is 10.0 Å². The second kappa shape index (κ2) is 9.27. The summed E-state index contributed by atoms with van der Waals surface area (Å²) in [6.45, 7) is 1.09. The van der Waals surface area contributed by atoms with Gasteiger partial charge in [0.05, 0.1) is 18.4 Å². The minimum absolute atomic E-state index is 0.0495. The maximum atomic E-state index is 13.4. The van der Waals surface area contributed by atoms with Gasteiger partial charge in [0.1, 0.15) is 16.6 Å². The van der Waals surface area contributed by atoms with E-state index in [0.717, 1.165) is 27.8 Å². The smallest absolute Gasteiger partial charge is 0.338 e. The predicted octanol–water partition coefficient (Wildman–Crippen LogP) is 3.82. The van der Waals surface area contributed by atoms with Crippen molar-refractivity contribution in [1.29, 1.82) is 0 Å². The Morgan fingerprint density at radius 1 is 1.10 bits per heavy atom. The molecule has 0 bridgehead atoms. The Kier molecular flexibility index (Phi) is 6.71. The van der Waals surface area contributed by atoms with E-state index in [1.54, 1.807) is 36.6 Å². The molecule has 0 atom stereocenters. The van der Waals surface area contributed by atoms with Crippen LogP contribution in [0.15, 0.2) is 64.2 Å². The molecule has 0 fully saturated rings. The minimum Gasteiger partial charge on any atom is -0.465 e. The molecule has 1 aromatic heterocycles. The van der Waals surface area contributed by atoms with Crippen LogP contribution in [-0.4, -0.2) is 33.9 Å². The zero-order valence-corrected chi connectivity index (χ0v) is 18.3. The minimum atomic E-state index is -4.05. The van der Waals surface area contributed by atoms with Crippen molar-refractivity contribution in [3.05, 3.63) is 76.9 Å². The Balaban J connectivity index is 1.91.